The first-order valence-corrected chi connectivity index (χ1v) is 11.8. The maximum absolute atomic E-state index is 13.4. The number of aryl methyl sites for hydroxylation is 3. The predicted molar refractivity (Wildman–Crippen MR) is 131 cm³/mol. The molecule has 0 saturated carbocycles. The molecule has 0 N–H and O–H groups in total. The predicted octanol–water partition coefficient (Wildman–Crippen LogP) is 4.68. The van der Waals surface area contributed by atoms with E-state index in [2.05, 4.69) is 10.6 Å². The summed E-state index contributed by atoms with van der Waals surface area (Å²) in [6.07, 6.45) is 3.92. The largest absolute Gasteiger partial charge is 0.496 e. The Hall–Kier alpha value is -3.61. The highest BCUT2D eigenvalue weighted by Crippen LogP contribution is 2.33. The molecular weight excluding hydrogens is 430 g/mol. The minimum absolute atomic E-state index is 0.0198. The Morgan fingerprint density at radius 2 is 2.03 bits per heavy atom. The first kappa shape index (κ1) is 22.2. The Kier molecular flexibility index (Phi) is 5.86. The monoisotopic (exact) mass is 459 g/mol. The van der Waals surface area contributed by atoms with Gasteiger partial charge >= 0.3 is 5.63 Å². The van der Waals surface area contributed by atoms with Crippen LogP contribution in [0, 0.1) is 6.92 Å². The smallest absolute Gasteiger partial charge is 0.336 e. The van der Waals surface area contributed by atoms with Crippen LogP contribution in [0.5, 0.6) is 5.75 Å². The number of likely N-dealkylation sites (tertiary alicyclic amines) is 1. The van der Waals surface area contributed by atoms with Crippen LogP contribution >= 0.6 is 0 Å². The van der Waals surface area contributed by atoms with Crippen molar-refractivity contribution < 1.29 is 13.9 Å². The van der Waals surface area contributed by atoms with Gasteiger partial charge in [0, 0.05) is 37.5 Å². The first-order valence-electron chi connectivity index (χ1n) is 11.8. The fraction of sp³-hybridized carbons (Fsp3) is 0.370. The molecule has 0 spiro atoms. The Balaban J connectivity index is 1.40. The zero-order valence-electron chi connectivity index (χ0n) is 19.8. The third-order valence-corrected chi connectivity index (χ3v) is 6.90. The maximum atomic E-state index is 13.4. The number of piperidine rings is 1. The lowest BCUT2D eigenvalue weighted by Crippen LogP contribution is -2.39. The van der Waals surface area contributed by atoms with Crippen LogP contribution in [0.1, 0.15) is 48.7 Å². The molecule has 1 saturated heterocycles. The third-order valence-electron chi connectivity index (χ3n) is 6.90. The molecular formula is C27H29N3O4. The highest BCUT2D eigenvalue weighted by Gasteiger charge is 2.31. The van der Waals surface area contributed by atoms with Crippen LogP contribution in [0.3, 0.4) is 0 Å². The number of hydrogen-bond donors (Lipinski definition) is 0. The number of benzene rings is 2. The Morgan fingerprint density at radius 1 is 1.21 bits per heavy atom. The van der Waals surface area contributed by atoms with Gasteiger partial charge in [0.15, 0.2) is 0 Å². The minimum atomic E-state index is -0.381. The van der Waals surface area contributed by atoms with E-state index in [0.717, 1.165) is 59.2 Å². The van der Waals surface area contributed by atoms with Crippen LogP contribution in [0.15, 0.2) is 51.7 Å². The molecule has 1 atom stereocenters. The van der Waals surface area contributed by atoms with Gasteiger partial charge in [-0.3, -0.25) is 4.79 Å². The van der Waals surface area contributed by atoms with Crippen molar-refractivity contribution in [1.82, 2.24) is 14.5 Å². The number of amides is 1. The van der Waals surface area contributed by atoms with Crippen molar-refractivity contribution in [3.8, 4) is 5.75 Å². The van der Waals surface area contributed by atoms with Crippen molar-refractivity contribution in [2.75, 3.05) is 13.7 Å². The van der Waals surface area contributed by atoms with E-state index in [1.54, 1.807) is 13.2 Å². The Morgan fingerprint density at radius 3 is 2.82 bits per heavy atom. The van der Waals surface area contributed by atoms with E-state index < -0.39 is 0 Å². The average molecular weight is 460 g/mol. The topological polar surface area (TPSA) is 77.6 Å². The van der Waals surface area contributed by atoms with Crippen LogP contribution in [-0.2, 0) is 18.3 Å². The number of carbonyl (C=O) groups excluding carboxylic acids is 1. The molecule has 0 aliphatic carbocycles. The van der Waals surface area contributed by atoms with Gasteiger partial charge in [-0.15, -0.1) is 0 Å². The SMILES string of the molecule is COc1cc2oc(=O)cc(C)c2cc1CCC(=O)N1CCCCC1c1nc2ccccc2n1C. The van der Waals surface area contributed by atoms with Crippen molar-refractivity contribution >= 4 is 27.9 Å². The summed E-state index contributed by atoms with van der Waals surface area (Å²) >= 11 is 0. The van der Waals surface area contributed by atoms with E-state index in [4.69, 9.17) is 14.1 Å². The molecule has 5 rings (SSSR count). The van der Waals surface area contributed by atoms with Gasteiger partial charge < -0.3 is 18.6 Å². The second-order valence-electron chi connectivity index (χ2n) is 9.03. The lowest BCUT2D eigenvalue weighted by atomic mass is 9.99. The number of methoxy groups -OCH3 is 1. The average Bonchev–Trinajstić information content (AvgIpc) is 3.18. The van der Waals surface area contributed by atoms with Crippen molar-refractivity contribution in [2.45, 2.75) is 45.1 Å². The summed E-state index contributed by atoms with van der Waals surface area (Å²) in [6, 6.07) is 13.3. The number of aromatic nitrogens is 2. The molecule has 176 valence electrons. The molecule has 0 radical (unpaired) electrons. The summed E-state index contributed by atoms with van der Waals surface area (Å²) in [4.78, 5) is 32.1. The van der Waals surface area contributed by atoms with Gasteiger partial charge in [0.25, 0.3) is 0 Å². The lowest BCUT2D eigenvalue weighted by molar-refractivity contribution is -0.135. The van der Waals surface area contributed by atoms with E-state index in [1.807, 2.05) is 43.1 Å². The van der Waals surface area contributed by atoms with Gasteiger partial charge in [-0.1, -0.05) is 12.1 Å². The van der Waals surface area contributed by atoms with E-state index >= 15 is 0 Å². The fourth-order valence-corrected chi connectivity index (χ4v) is 5.12. The maximum Gasteiger partial charge on any atom is 0.336 e. The number of imidazole rings is 1. The van der Waals surface area contributed by atoms with Crippen molar-refractivity contribution in [3.05, 3.63) is 69.8 Å². The zero-order valence-corrected chi connectivity index (χ0v) is 19.8. The first-order chi connectivity index (χ1) is 16.5. The highest BCUT2D eigenvalue weighted by molar-refractivity contribution is 5.83. The van der Waals surface area contributed by atoms with Gasteiger partial charge in [0.05, 0.1) is 24.2 Å². The number of fused-ring (bicyclic) bond motifs is 2. The molecule has 0 bridgehead atoms. The second-order valence-corrected chi connectivity index (χ2v) is 9.03. The number of carbonyl (C=O) groups is 1. The van der Waals surface area contributed by atoms with Gasteiger partial charge in [-0.2, -0.15) is 0 Å². The summed E-state index contributed by atoms with van der Waals surface area (Å²) in [5.41, 5.74) is 3.93. The molecule has 1 fully saturated rings. The number of hydrogen-bond acceptors (Lipinski definition) is 5. The molecule has 1 aliphatic heterocycles. The van der Waals surface area contributed by atoms with Gasteiger partial charge in [-0.05, 0) is 61.9 Å². The minimum Gasteiger partial charge on any atom is -0.496 e. The summed E-state index contributed by atoms with van der Waals surface area (Å²) in [5, 5.41) is 0.860. The standard InChI is InChI=1S/C27H29N3O4/c1-17-14-26(32)34-24-16-23(33-3)18(15-19(17)24)11-12-25(31)30-13-7-6-10-22(30)27-28-20-8-4-5-9-21(20)29(27)2/h4-5,8-9,14-16,22H,6-7,10-13H2,1-3H3. The van der Waals surface area contributed by atoms with Crippen LogP contribution in [0.2, 0.25) is 0 Å². The summed E-state index contributed by atoms with van der Waals surface area (Å²) < 4.78 is 13.0. The molecule has 1 unspecified atom stereocenters. The van der Waals surface area contributed by atoms with E-state index in [1.165, 1.54) is 6.07 Å². The highest BCUT2D eigenvalue weighted by atomic mass is 16.5. The summed E-state index contributed by atoms with van der Waals surface area (Å²) in [7, 11) is 3.62. The molecule has 2 aromatic heterocycles. The second kappa shape index (κ2) is 8.97. The molecule has 4 aromatic rings. The third kappa shape index (κ3) is 3.95. The van der Waals surface area contributed by atoms with Crippen LogP contribution in [-0.4, -0.2) is 34.0 Å². The lowest BCUT2D eigenvalue weighted by Gasteiger charge is -2.35. The summed E-state index contributed by atoms with van der Waals surface area (Å²) in [5.74, 6) is 1.69. The van der Waals surface area contributed by atoms with E-state index in [-0.39, 0.29) is 17.6 Å². The molecule has 2 aromatic carbocycles. The molecule has 1 amide bonds. The number of para-hydroxylation sites is 2. The molecule has 3 heterocycles. The van der Waals surface area contributed by atoms with Crippen LogP contribution in [0.4, 0.5) is 0 Å². The number of rotatable bonds is 5. The number of nitrogens with zero attached hydrogens (tertiary/aromatic N) is 3. The van der Waals surface area contributed by atoms with Crippen LogP contribution in [0.25, 0.3) is 22.0 Å². The van der Waals surface area contributed by atoms with Gasteiger partial charge in [-0.25, -0.2) is 9.78 Å². The van der Waals surface area contributed by atoms with Gasteiger partial charge in [0.2, 0.25) is 5.91 Å². The Labute approximate surface area is 198 Å². The normalized spacial score (nSPS) is 16.3. The van der Waals surface area contributed by atoms with E-state index in [9.17, 15) is 9.59 Å². The molecule has 1 aliphatic rings. The molecule has 7 heteroatoms. The quantitative estimate of drug-likeness (QED) is 0.405. The zero-order chi connectivity index (χ0) is 23.8. The molecule has 34 heavy (non-hydrogen) atoms. The Bertz CT molecular complexity index is 1440. The van der Waals surface area contributed by atoms with Crippen molar-refractivity contribution in [2.24, 2.45) is 7.05 Å². The fourth-order valence-electron chi connectivity index (χ4n) is 5.12. The van der Waals surface area contributed by atoms with Crippen LogP contribution < -0.4 is 10.4 Å². The van der Waals surface area contributed by atoms with E-state index in [0.29, 0.717) is 24.2 Å². The van der Waals surface area contributed by atoms with Gasteiger partial charge in [0.1, 0.15) is 17.2 Å². The number of ether oxygens (including phenoxy) is 1. The molecule has 7 nitrogen and oxygen atoms in total. The summed E-state index contributed by atoms with van der Waals surface area (Å²) in [6.45, 7) is 2.63. The van der Waals surface area contributed by atoms with Crippen molar-refractivity contribution in [3.63, 3.8) is 0 Å². The van der Waals surface area contributed by atoms with Crippen molar-refractivity contribution in [1.29, 1.82) is 0 Å².